The van der Waals surface area contributed by atoms with E-state index in [1.54, 1.807) is 24.3 Å². The van der Waals surface area contributed by atoms with Crippen molar-refractivity contribution in [2.45, 2.75) is 18.7 Å². The van der Waals surface area contributed by atoms with E-state index in [4.69, 9.17) is 8.85 Å². The molecule has 0 aliphatic heterocycles. The highest BCUT2D eigenvalue weighted by atomic mass is 19.4. The fourth-order valence-corrected chi connectivity index (χ4v) is 2.07. The molecule has 0 fully saturated rings. The summed E-state index contributed by atoms with van der Waals surface area (Å²) >= 11 is 0. The summed E-state index contributed by atoms with van der Waals surface area (Å²) in [5.74, 6) is 0.0811. The van der Waals surface area contributed by atoms with Crippen molar-refractivity contribution in [2.24, 2.45) is 0 Å². The summed E-state index contributed by atoms with van der Waals surface area (Å²) in [6.45, 7) is -2.15. The van der Waals surface area contributed by atoms with Crippen LogP contribution in [-0.2, 0) is 6.18 Å². The number of alkyl halides is 3. The number of benzene rings is 2. The molecule has 2 aromatic rings. The first kappa shape index (κ1) is 12.5. The van der Waals surface area contributed by atoms with Gasteiger partial charge in [0.05, 0.1) is 5.56 Å². The molecule has 118 valence electrons. The van der Waals surface area contributed by atoms with E-state index in [2.05, 4.69) is 5.32 Å². The Morgan fingerprint density at radius 3 is 2.59 bits per heavy atom. The van der Waals surface area contributed by atoms with Crippen LogP contribution in [0, 0.1) is 0 Å². The van der Waals surface area contributed by atoms with Crippen LogP contribution in [-0.4, -0.2) is 13.5 Å². The number of hydrogen-bond acceptors (Lipinski definition) is 2. The highest BCUT2D eigenvalue weighted by molar-refractivity contribution is 5.31. The maximum atomic E-state index is 12.8. The smallest absolute Gasteiger partial charge is 0.416 e. The van der Waals surface area contributed by atoms with Crippen molar-refractivity contribution in [3.8, 4) is 5.75 Å². The first-order valence-electron chi connectivity index (χ1n) is 8.29. The minimum absolute atomic E-state index is 0.0811. The van der Waals surface area contributed by atoms with E-state index in [-0.39, 0.29) is 12.3 Å². The summed E-state index contributed by atoms with van der Waals surface area (Å²) in [5, 5.41) is 2.38. The molecule has 0 bridgehead atoms. The Balaban J connectivity index is 2.16. The van der Waals surface area contributed by atoms with Crippen LogP contribution in [0.5, 0.6) is 5.75 Å². The van der Waals surface area contributed by atoms with Crippen LogP contribution in [0.4, 0.5) is 13.2 Å². The normalized spacial score (nSPS) is 15.5. The molecule has 1 atom stereocenters. The molecule has 0 radical (unpaired) electrons. The van der Waals surface area contributed by atoms with Gasteiger partial charge in [-0.3, -0.25) is 0 Å². The van der Waals surface area contributed by atoms with E-state index in [0.29, 0.717) is 6.42 Å². The SMILES string of the molecule is [2H]C([2H])([2H])NCCC(Oc1cccc(C(F)(F)F)c1)c1ccccc1. The Hall–Kier alpha value is -2.01. The minimum atomic E-state index is -4.45. The van der Waals surface area contributed by atoms with Gasteiger partial charge in [0.15, 0.2) is 0 Å². The lowest BCUT2D eigenvalue weighted by Crippen LogP contribution is -2.16. The lowest BCUT2D eigenvalue weighted by Gasteiger charge is -2.20. The molecule has 1 unspecified atom stereocenters. The predicted molar refractivity (Wildman–Crippen MR) is 79.8 cm³/mol. The first-order valence-corrected chi connectivity index (χ1v) is 6.79. The Bertz CT molecular complexity index is 675. The van der Waals surface area contributed by atoms with Gasteiger partial charge >= 0.3 is 6.18 Å². The van der Waals surface area contributed by atoms with Gasteiger partial charge in [0.2, 0.25) is 0 Å². The van der Waals surface area contributed by atoms with Gasteiger partial charge in [0.25, 0.3) is 0 Å². The molecule has 2 nitrogen and oxygen atoms in total. The van der Waals surface area contributed by atoms with E-state index >= 15 is 0 Å². The molecule has 5 heteroatoms. The van der Waals surface area contributed by atoms with Gasteiger partial charge in [0, 0.05) is 10.5 Å². The van der Waals surface area contributed by atoms with Gasteiger partial charge in [-0.2, -0.15) is 13.2 Å². The molecule has 0 aromatic heterocycles. The van der Waals surface area contributed by atoms with Crippen LogP contribution in [0.3, 0.4) is 0 Å². The summed E-state index contributed by atoms with van der Waals surface area (Å²) in [4.78, 5) is 0. The number of halogens is 3. The standard InChI is InChI=1S/C17H18F3NO/c1-21-11-10-16(13-6-3-2-4-7-13)22-15-9-5-8-14(12-15)17(18,19)20/h2-9,12,16,21H,10-11H2,1H3/i1D3. The molecule has 0 saturated heterocycles. The van der Waals surface area contributed by atoms with Crippen LogP contribution < -0.4 is 10.1 Å². The second-order valence-corrected chi connectivity index (χ2v) is 4.76. The van der Waals surface area contributed by atoms with Crippen LogP contribution in [0.1, 0.15) is 27.8 Å². The number of nitrogens with one attached hydrogen (secondary N) is 1. The molecule has 2 rings (SSSR count). The third kappa shape index (κ3) is 4.49. The van der Waals surface area contributed by atoms with Gasteiger partial charge in [-0.1, -0.05) is 36.4 Å². The maximum absolute atomic E-state index is 12.8. The Labute approximate surface area is 132 Å². The molecule has 0 aliphatic rings. The van der Waals surface area contributed by atoms with Crippen molar-refractivity contribution in [1.82, 2.24) is 5.32 Å². The molecular formula is C17H18F3NO. The van der Waals surface area contributed by atoms with Crippen molar-refractivity contribution in [3.05, 3.63) is 65.7 Å². The molecule has 0 spiro atoms. The Kier molecular flexibility index (Phi) is 4.16. The first-order chi connectivity index (χ1) is 11.6. The number of hydrogen-bond donors (Lipinski definition) is 1. The summed E-state index contributed by atoms with van der Waals surface area (Å²) in [6, 6.07) is 13.6. The van der Waals surface area contributed by atoms with Crippen molar-refractivity contribution in [3.63, 3.8) is 0 Å². The van der Waals surface area contributed by atoms with Gasteiger partial charge in [-0.05, 0) is 37.3 Å². The van der Waals surface area contributed by atoms with E-state index in [1.807, 2.05) is 6.07 Å². The molecule has 0 amide bonds. The molecule has 2 aromatic carbocycles. The highest BCUT2D eigenvalue weighted by Gasteiger charge is 2.30. The molecule has 0 heterocycles. The van der Waals surface area contributed by atoms with Crippen molar-refractivity contribution in [1.29, 1.82) is 0 Å². The Morgan fingerprint density at radius 2 is 1.91 bits per heavy atom. The lowest BCUT2D eigenvalue weighted by atomic mass is 10.1. The highest BCUT2D eigenvalue weighted by Crippen LogP contribution is 2.33. The summed E-state index contributed by atoms with van der Waals surface area (Å²) in [7, 11) is 0. The topological polar surface area (TPSA) is 21.3 Å². The second-order valence-electron chi connectivity index (χ2n) is 4.76. The van der Waals surface area contributed by atoms with Gasteiger partial charge < -0.3 is 10.1 Å². The van der Waals surface area contributed by atoms with Crippen molar-refractivity contribution < 1.29 is 22.0 Å². The summed E-state index contributed by atoms with van der Waals surface area (Å²) in [5.41, 5.74) is -0.0373. The quantitative estimate of drug-likeness (QED) is 0.851. The molecule has 0 aliphatic carbocycles. The van der Waals surface area contributed by atoms with Gasteiger partial charge in [0.1, 0.15) is 11.9 Å². The van der Waals surface area contributed by atoms with Crippen LogP contribution in [0.25, 0.3) is 0 Å². The average molecular weight is 312 g/mol. The largest absolute Gasteiger partial charge is 0.486 e. The molecule has 0 saturated carbocycles. The molecule has 22 heavy (non-hydrogen) atoms. The molecular weight excluding hydrogens is 291 g/mol. The van der Waals surface area contributed by atoms with E-state index in [0.717, 1.165) is 17.7 Å². The zero-order valence-corrected chi connectivity index (χ0v) is 11.7. The van der Waals surface area contributed by atoms with Gasteiger partial charge in [-0.15, -0.1) is 0 Å². The average Bonchev–Trinajstić information content (AvgIpc) is 2.53. The maximum Gasteiger partial charge on any atom is 0.416 e. The van der Waals surface area contributed by atoms with Crippen LogP contribution >= 0.6 is 0 Å². The predicted octanol–water partition coefficient (Wildman–Crippen LogP) is 4.44. The van der Waals surface area contributed by atoms with Gasteiger partial charge in [-0.25, -0.2) is 0 Å². The minimum Gasteiger partial charge on any atom is -0.486 e. The monoisotopic (exact) mass is 312 g/mol. The fourth-order valence-electron chi connectivity index (χ4n) is 2.07. The fraction of sp³-hybridized carbons (Fsp3) is 0.294. The van der Waals surface area contributed by atoms with Crippen molar-refractivity contribution in [2.75, 3.05) is 13.5 Å². The van der Waals surface area contributed by atoms with Crippen molar-refractivity contribution >= 4 is 0 Å². The summed E-state index contributed by atoms with van der Waals surface area (Å²) < 4.78 is 65.7. The van der Waals surface area contributed by atoms with E-state index < -0.39 is 24.8 Å². The number of rotatable bonds is 6. The second kappa shape index (κ2) is 7.31. The third-order valence-electron chi connectivity index (χ3n) is 3.14. The zero-order valence-electron chi connectivity index (χ0n) is 14.7. The van der Waals surface area contributed by atoms with Crippen LogP contribution in [0.15, 0.2) is 54.6 Å². The molecule has 1 N–H and O–H groups in total. The number of ether oxygens (including phenoxy) is 1. The van der Waals surface area contributed by atoms with E-state index in [1.165, 1.54) is 12.1 Å². The zero-order chi connectivity index (χ0) is 18.5. The third-order valence-corrected chi connectivity index (χ3v) is 3.14. The van der Waals surface area contributed by atoms with E-state index in [9.17, 15) is 13.2 Å². The van der Waals surface area contributed by atoms with Crippen LogP contribution in [0.2, 0.25) is 0 Å². The lowest BCUT2D eigenvalue weighted by molar-refractivity contribution is -0.137. The summed E-state index contributed by atoms with van der Waals surface area (Å²) in [6.07, 6.45) is -4.73. The Morgan fingerprint density at radius 1 is 1.14 bits per heavy atom.